The fourth-order valence-corrected chi connectivity index (χ4v) is 3.41. The molecule has 0 aromatic rings. The van der Waals surface area contributed by atoms with Crippen LogP contribution < -0.4 is 5.73 Å². The molecule has 2 rings (SSSR count). The van der Waals surface area contributed by atoms with Crippen molar-refractivity contribution in [2.24, 2.45) is 11.7 Å². The molecule has 2 heterocycles. The summed E-state index contributed by atoms with van der Waals surface area (Å²) in [6, 6.07) is 1.74. The van der Waals surface area contributed by atoms with Gasteiger partial charge in [0.25, 0.3) is 0 Å². The predicted molar refractivity (Wildman–Crippen MR) is 60.2 cm³/mol. The zero-order valence-electron chi connectivity index (χ0n) is 9.41. The van der Waals surface area contributed by atoms with Crippen LogP contribution >= 0.6 is 0 Å². The number of piperidine rings is 2. The Kier molecular flexibility index (Phi) is 3.45. The Labute approximate surface area is 87.8 Å². The first-order valence-corrected chi connectivity index (χ1v) is 6.31. The first-order valence-electron chi connectivity index (χ1n) is 6.31. The second-order valence-corrected chi connectivity index (χ2v) is 5.05. The van der Waals surface area contributed by atoms with E-state index in [1.54, 1.807) is 0 Å². The molecule has 82 valence electrons. The van der Waals surface area contributed by atoms with Gasteiger partial charge in [0.15, 0.2) is 0 Å². The van der Waals surface area contributed by atoms with E-state index in [1.165, 1.54) is 45.1 Å². The highest BCUT2D eigenvalue weighted by atomic mass is 15.2. The first-order chi connectivity index (χ1) is 6.85. The van der Waals surface area contributed by atoms with Gasteiger partial charge in [-0.15, -0.1) is 0 Å². The molecule has 2 heteroatoms. The maximum Gasteiger partial charge on any atom is 0.0101 e. The summed E-state index contributed by atoms with van der Waals surface area (Å²) in [6.07, 6.45) is 8.34. The molecule has 0 aromatic heterocycles. The Hall–Kier alpha value is -0.0800. The number of hydrogen-bond donors (Lipinski definition) is 1. The Bertz CT molecular complexity index is 167. The summed E-state index contributed by atoms with van der Waals surface area (Å²) in [5.41, 5.74) is 5.81. The lowest BCUT2D eigenvalue weighted by atomic mass is 9.78. The van der Waals surface area contributed by atoms with E-state index >= 15 is 0 Å². The molecule has 2 nitrogen and oxygen atoms in total. The van der Waals surface area contributed by atoms with Crippen LogP contribution in [-0.2, 0) is 0 Å². The molecule has 2 aliphatic rings. The van der Waals surface area contributed by atoms with Crippen molar-refractivity contribution in [2.45, 2.75) is 57.5 Å². The van der Waals surface area contributed by atoms with Gasteiger partial charge in [0.2, 0.25) is 0 Å². The smallest absolute Gasteiger partial charge is 0.0101 e. The van der Waals surface area contributed by atoms with E-state index in [-0.39, 0.29) is 0 Å². The standard InChI is InChI=1S/C12H24N2/c1-2-6-14-11-4-3-5-12(14)8-10(7-11)9-13/h10-12H,2-9,13H2,1H3/t11-,12-/m0/s1. The van der Waals surface area contributed by atoms with Gasteiger partial charge in [-0.1, -0.05) is 13.3 Å². The highest BCUT2D eigenvalue weighted by Gasteiger charge is 2.36. The van der Waals surface area contributed by atoms with Crippen molar-refractivity contribution in [2.75, 3.05) is 13.1 Å². The molecule has 2 fully saturated rings. The molecule has 0 radical (unpaired) electrons. The Morgan fingerprint density at radius 2 is 1.86 bits per heavy atom. The summed E-state index contributed by atoms with van der Waals surface area (Å²) in [5, 5.41) is 0. The van der Waals surface area contributed by atoms with Gasteiger partial charge in [0, 0.05) is 12.1 Å². The van der Waals surface area contributed by atoms with Gasteiger partial charge in [-0.05, 0) is 51.1 Å². The van der Waals surface area contributed by atoms with Crippen LogP contribution in [0.2, 0.25) is 0 Å². The third-order valence-electron chi connectivity index (χ3n) is 4.04. The van der Waals surface area contributed by atoms with E-state index in [0.717, 1.165) is 24.5 Å². The number of rotatable bonds is 3. The van der Waals surface area contributed by atoms with E-state index in [2.05, 4.69) is 11.8 Å². The molecular formula is C12H24N2. The predicted octanol–water partition coefficient (Wildman–Crippen LogP) is 1.99. The molecule has 0 amide bonds. The summed E-state index contributed by atoms with van der Waals surface area (Å²) < 4.78 is 0. The van der Waals surface area contributed by atoms with Crippen LogP contribution in [0, 0.1) is 5.92 Å². The molecule has 2 saturated heterocycles. The molecule has 2 bridgehead atoms. The molecule has 0 aromatic carbocycles. The largest absolute Gasteiger partial charge is 0.330 e. The second kappa shape index (κ2) is 4.63. The van der Waals surface area contributed by atoms with Gasteiger partial charge in [-0.3, -0.25) is 4.90 Å². The van der Waals surface area contributed by atoms with Crippen LogP contribution in [0.4, 0.5) is 0 Å². The first kappa shape index (κ1) is 10.4. The lowest BCUT2D eigenvalue weighted by Gasteiger charge is -2.49. The topological polar surface area (TPSA) is 29.3 Å². The van der Waals surface area contributed by atoms with Gasteiger partial charge in [-0.2, -0.15) is 0 Å². The minimum absolute atomic E-state index is 0.818. The van der Waals surface area contributed by atoms with Crippen LogP contribution in [0.3, 0.4) is 0 Å². The minimum Gasteiger partial charge on any atom is -0.330 e. The van der Waals surface area contributed by atoms with Gasteiger partial charge < -0.3 is 5.73 Å². The maximum absolute atomic E-state index is 5.81. The molecule has 2 aliphatic heterocycles. The van der Waals surface area contributed by atoms with Crippen molar-refractivity contribution >= 4 is 0 Å². The molecule has 0 unspecified atom stereocenters. The number of fused-ring (bicyclic) bond motifs is 2. The van der Waals surface area contributed by atoms with Crippen LogP contribution in [0.15, 0.2) is 0 Å². The highest BCUT2D eigenvalue weighted by Crippen LogP contribution is 2.36. The van der Waals surface area contributed by atoms with Crippen LogP contribution in [0.1, 0.15) is 45.4 Å². The fourth-order valence-electron chi connectivity index (χ4n) is 3.41. The van der Waals surface area contributed by atoms with E-state index < -0.39 is 0 Å². The van der Waals surface area contributed by atoms with Gasteiger partial charge >= 0.3 is 0 Å². The summed E-state index contributed by atoms with van der Waals surface area (Å²) in [6.45, 7) is 4.52. The zero-order valence-corrected chi connectivity index (χ0v) is 9.41. The second-order valence-electron chi connectivity index (χ2n) is 5.05. The Morgan fingerprint density at radius 3 is 2.36 bits per heavy atom. The van der Waals surface area contributed by atoms with Crippen LogP contribution in [-0.4, -0.2) is 30.1 Å². The summed E-state index contributed by atoms with van der Waals surface area (Å²) in [4.78, 5) is 2.77. The summed E-state index contributed by atoms with van der Waals surface area (Å²) in [7, 11) is 0. The highest BCUT2D eigenvalue weighted by molar-refractivity contribution is 4.92. The lowest BCUT2D eigenvalue weighted by Crippen LogP contribution is -2.53. The van der Waals surface area contributed by atoms with Crippen molar-refractivity contribution in [3.8, 4) is 0 Å². The third kappa shape index (κ3) is 1.96. The average molecular weight is 196 g/mol. The van der Waals surface area contributed by atoms with Crippen LogP contribution in [0.25, 0.3) is 0 Å². The van der Waals surface area contributed by atoms with E-state index in [0.29, 0.717) is 0 Å². The van der Waals surface area contributed by atoms with Crippen molar-refractivity contribution in [1.82, 2.24) is 4.90 Å². The molecule has 0 spiro atoms. The maximum atomic E-state index is 5.81. The quantitative estimate of drug-likeness (QED) is 0.748. The van der Waals surface area contributed by atoms with Crippen LogP contribution in [0.5, 0.6) is 0 Å². The van der Waals surface area contributed by atoms with Crippen molar-refractivity contribution in [1.29, 1.82) is 0 Å². The van der Waals surface area contributed by atoms with Gasteiger partial charge in [-0.25, -0.2) is 0 Å². The van der Waals surface area contributed by atoms with Gasteiger partial charge in [0.1, 0.15) is 0 Å². The summed E-state index contributed by atoms with van der Waals surface area (Å²) >= 11 is 0. The number of nitrogens with zero attached hydrogens (tertiary/aromatic N) is 1. The molecule has 0 aliphatic carbocycles. The molecular weight excluding hydrogens is 172 g/mol. The molecule has 2 atom stereocenters. The van der Waals surface area contributed by atoms with E-state index in [1.807, 2.05) is 0 Å². The third-order valence-corrected chi connectivity index (χ3v) is 4.04. The Morgan fingerprint density at radius 1 is 1.21 bits per heavy atom. The SMILES string of the molecule is CCCN1[C@H]2CCC[C@H]1CC(CN)C2. The fraction of sp³-hybridized carbons (Fsp3) is 1.00. The summed E-state index contributed by atoms with van der Waals surface area (Å²) in [5.74, 6) is 0.818. The Balaban J connectivity index is 1.99. The van der Waals surface area contributed by atoms with E-state index in [4.69, 9.17) is 5.73 Å². The normalized spacial score (nSPS) is 38.6. The average Bonchev–Trinajstić information content (AvgIpc) is 2.17. The van der Waals surface area contributed by atoms with Crippen molar-refractivity contribution in [3.05, 3.63) is 0 Å². The number of nitrogens with two attached hydrogens (primary N) is 1. The molecule has 2 N–H and O–H groups in total. The zero-order chi connectivity index (χ0) is 9.97. The number of hydrogen-bond acceptors (Lipinski definition) is 2. The monoisotopic (exact) mass is 196 g/mol. The lowest BCUT2D eigenvalue weighted by molar-refractivity contribution is 0.0159. The van der Waals surface area contributed by atoms with Crippen molar-refractivity contribution in [3.63, 3.8) is 0 Å². The van der Waals surface area contributed by atoms with Gasteiger partial charge in [0.05, 0.1) is 0 Å². The van der Waals surface area contributed by atoms with Crippen molar-refractivity contribution < 1.29 is 0 Å². The van der Waals surface area contributed by atoms with E-state index in [9.17, 15) is 0 Å². The molecule has 0 saturated carbocycles. The minimum atomic E-state index is 0.818. The molecule has 14 heavy (non-hydrogen) atoms.